The van der Waals surface area contributed by atoms with Gasteiger partial charge in [-0.05, 0) is 52.4 Å². The lowest BCUT2D eigenvalue weighted by Gasteiger charge is -2.09. The van der Waals surface area contributed by atoms with Gasteiger partial charge in [0.05, 0.1) is 10.7 Å². The fourth-order valence-electron chi connectivity index (χ4n) is 1.52. The Balaban J connectivity index is 2.07. The van der Waals surface area contributed by atoms with E-state index in [-0.39, 0.29) is 11.6 Å². The molecule has 18 heavy (non-hydrogen) atoms. The smallest absolute Gasteiger partial charge is 0.165 e. The molecule has 0 aliphatic rings. The molecule has 0 aliphatic heterocycles. The van der Waals surface area contributed by atoms with E-state index in [0.29, 0.717) is 6.61 Å². The lowest BCUT2D eigenvalue weighted by molar-refractivity contribution is 0.302. The van der Waals surface area contributed by atoms with Crippen LogP contribution < -0.4 is 9.47 Å². The molecular weight excluding hydrogens is 346 g/mol. The Morgan fingerprint density at radius 2 is 1.89 bits per heavy atom. The van der Waals surface area contributed by atoms with Crippen molar-refractivity contribution >= 4 is 22.6 Å². The third-order valence-electron chi connectivity index (χ3n) is 2.45. The van der Waals surface area contributed by atoms with E-state index in [1.165, 1.54) is 13.2 Å². The van der Waals surface area contributed by atoms with Gasteiger partial charge >= 0.3 is 0 Å². The predicted octanol–water partition coefficient (Wildman–Crippen LogP) is 4.02. The summed E-state index contributed by atoms with van der Waals surface area (Å²) in [6.45, 7) is 0.334. The molecule has 0 fully saturated rings. The van der Waals surface area contributed by atoms with Crippen LogP contribution in [0.4, 0.5) is 4.39 Å². The molecule has 0 aliphatic carbocycles. The molecule has 0 aromatic heterocycles. The van der Waals surface area contributed by atoms with Crippen molar-refractivity contribution in [2.75, 3.05) is 7.11 Å². The second-order valence-electron chi connectivity index (χ2n) is 3.69. The van der Waals surface area contributed by atoms with Gasteiger partial charge in [0.1, 0.15) is 12.4 Å². The minimum atomic E-state index is -0.374. The van der Waals surface area contributed by atoms with Gasteiger partial charge in [0, 0.05) is 0 Å². The van der Waals surface area contributed by atoms with Crippen LogP contribution in [0.25, 0.3) is 0 Å². The highest BCUT2D eigenvalue weighted by Gasteiger charge is 2.05. The lowest BCUT2D eigenvalue weighted by Crippen LogP contribution is -1.98. The van der Waals surface area contributed by atoms with E-state index in [1.54, 1.807) is 12.1 Å². The minimum Gasteiger partial charge on any atom is -0.494 e. The largest absolute Gasteiger partial charge is 0.494 e. The second-order valence-corrected chi connectivity index (χ2v) is 4.85. The molecule has 0 atom stereocenters. The van der Waals surface area contributed by atoms with Crippen LogP contribution in [0.5, 0.6) is 11.5 Å². The minimum absolute atomic E-state index is 0.244. The monoisotopic (exact) mass is 358 g/mol. The van der Waals surface area contributed by atoms with Crippen molar-refractivity contribution in [1.82, 2.24) is 0 Å². The van der Waals surface area contributed by atoms with E-state index in [1.807, 2.05) is 24.3 Å². The number of methoxy groups -OCH3 is 1. The quantitative estimate of drug-likeness (QED) is 0.769. The Bertz CT molecular complexity index is 543. The van der Waals surface area contributed by atoms with Crippen molar-refractivity contribution < 1.29 is 13.9 Å². The first kappa shape index (κ1) is 13.1. The second kappa shape index (κ2) is 6.04. The van der Waals surface area contributed by atoms with Gasteiger partial charge < -0.3 is 9.47 Å². The van der Waals surface area contributed by atoms with Crippen LogP contribution in [0.1, 0.15) is 5.56 Å². The molecule has 0 bridgehead atoms. The molecule has 4 heteroatoms. The summed E-state index contributed by atoms with van der Waals surface area (Å²) in [7, 11) is 1.45. The molecule has 0 radical (unpaired) electrons. The summed E-state index contributed by atoms with van der Waals surface area (Å²) in [4.78, 5) is 0. The zero-order valence-corrected chi connectivity index (χ0v) is 12.0. The highest BCUT2D eigenvalue weighted by Crippen LogP contribution is 2.22. The molecule has 2 aromatic carbocycles. The van der Waals surface area contributed by atoms with Crippen LogP contribution in [-0.4, -0.2) is 7.11 Å². The first-order valence-electron chi connectivity index (χ1n) is 5.40. The maximum atomic E-state index is 13.5. The molecule has 0 saturated heterocycles. The van der Waals surface area contributed by atoms with Gasteiger partial charge in [0.25, 0.3) is 0 Å². The number of ether oxygens (including phenoxy) is 2. The number of halogens is 2. The van der Waals surface area contributed by atoms with Crippen LogP contribution in [0.3, 0.4) is 0 Å². The van der Waals surface area contributed by atoms with Gasteiger partial charge in [-0.2, -0.15) is 0 Å². The molecule has 0 N–H and O–H groups in total. The van der Waals surface area contributed by atoms with Crippen molar-refractivity contribution in [1.29, 1.82) is 0 Å². The van der Waals surface area contributed by atoms with Gasteiger partial charge in [-0.15, -0.1) is 0 Å². The first-order valence-corrected chi connectivity index (χ1v) is 6.48. The average Bonchev–Trinajstić information content (AvgIpc) is 2.38. The Hall–Kier alpha value is -1.30. The Morgan fingerprint density at radius 1 is 1.11 bits per heavy atom. The number of hydrogen-bond acceptors (Lipinski definition) is 2. The van der Waals surface area contributed by atoms with Gasteiger partial charge in [-0.3, -0.25) is 0 Å². The molecule has 2 nitrogen and oxygen atoms in total. The summed E-state index contributed by atoms with van der Waals surface area (Å²) in [5.74, 6) is 0.670. The molecule has 2 rings (SSSR count). The maximum Gasteiger partial charge on any atom is 0.165 e. The molecule has 0 spiro atoms. The Labute approximate surface area is 119 Å². The number of para-hydroxylation sites is 1. The molecule has 2 aromatic rings. The summed E-state index contributed by atoms with van der Waals surface area (Å²) in [6, 6.07) is 12.5. The zero-order chi connectivity index (χ0) is 13.0. The maximum absolute atomic E-state index is 13.5. The van der Waals surface area contributed by atoms with E-state index in [2.05, 4.69) is 22.6 Å². The number of hydrogen-bond donors (Lipinski definition) is 0. The SMILES string of the molecule is COc1ccc(COc2ccccc2I)cc1F. The number of benzene rings is 2. The van der Waals surface area contributed by atoms with Crippen molar-refractivity contribution in [2.45, 2.75) is 6.61 Å². The van der Waals surface area contributed by atoms with Crippen LogP contribution in [0, 0.1) is 9.39 Å². The van der Waals surface area contributed by atoms with Crippen molar-refractivity contribution in [3.05, 3.63) is 57.4 Å². The van der Waals surface area contributed by atoms with Crippen molar-refractivity contribution in [3.8, 4) is 11.5 Å². The predicted molar refractivity (Wildman–Crippen MR) is 76.4 cm³/mol. The topological polar surface area (TPSA) is 18.5 Å². The third-order valence-corrected chi connectivity index (χ3v) is 3.34. The van der Waals surface area contributed by atoms with E-state index >= 15 is 0 Å². The van der Waals surface area contributed by atoms with Gasteiger partial charge in [0.15, 0.2) is 11.6 Å². The lowest BCUT2D eigenvalue weighted by atomic mass is 10.2. The van der Waals surface area contributed by atoms with Crippen molar-refractivity contribution in [3.63, 3.8) is 0 Å². The van der Waals surface area contributed by atoms with Crippen LogP contribution in [0.2, 0.25) is 0 Å². The van der Waals surface area contributed by atoms with Gasteiger partial charge in [-0.1, -0.05) is 18.2 Å². The highest BCUT2D eigenvalue weighted by atomic mass is 127. The average molecular weight is 358 g/mol. The Morgan fingerprint density at radius 3 is 2.56 bits per heavy atom. The van der Waals surface area contributed by atoms with Crippen LogP contribution in [0.15, 0.2) is 42.5 Å². The van der Waals surface area contributed by atoms with Gasteiger partial charge in [-0.25, -0.2) is 4.39 Å². The zero-order valence-electron chi connectivity index (χ0n) is 9.82. The molecule has 94 valence electrons. The summed E-state index contributed by atoms with van der Waals surface area (Å²) in [6.07, 6.45) is 0. The first-order chi connectivity index (χ1) is 8.70. The molecule has 0 amide bonds. The van der Waals surface area contributed by atoms with E-state index < -0.39 is 0 Å². The standard InChI is InChI=1S/C14H12FIO2/c1-17-13-7-6-10(8-11(13)15)9-18-14-5-3-2-4-12(14)16/h2-8H,9H2,1H3. The molecule has 0 heterocycles. The third kappa shape index (κ3) is 3.13. The summed E-state index contributed by atoms with van der Waals surface area (Å²) in [5, 5.41) is 0. The van der Waals surface area contributed by atoms with Gasteiger partial charge in [0.2, 0.25) is 0 Å². The van der Waals surface area contributed by atoms with E-state index in [4.69, 9.17) is 9.47 Å². The fraction of sp³-hybridized carbons (Fsp3) is 0.143. The summed E-state index contributed by atoms with van der Waals surface area (Å²) < 4.78 is 25.0. The molecule has 0 saturated carbocycles. The van der Waals surface area contributed by atoms with Crippen LogP contribution >= 0.6 is 22.6 Å². The Kier molecular flexibility index (Phi) is 4.41. The van der Waals surface area contributed by atoms with Crippen LogP contribution in [-0.2, 0) is 6.61 Å². The molecule has 0 unspecified atom stereocenters. The van der Waals surface area contributed by atoms with E-state index in [9.17, 15) is 4.39 Å². The summed E-state index contributed by atoms with van der Waals surface area (Å²) >= 11 is 2.20. The van der Waals surface area contributed by atoms with E-state index in [0.717, 1.165) is 14.9 Å². The number of rotatable bonds is 4. The van der Waals surface area contributed by atoms with Crippen molar-refractivity contribution in [2.24, 2.45) is 0 Å². The molecular formula is C14H12FIO2. The fourth-order valence-corrected chi connectivity index (χ4v) is 2.07. The normalized spacial score (nSPS) is 10.2. The summed E-state index contributed by atoms with van der Waals surface area (Å²) in [5.41, 5.74) is 0.771. The highest BCUT2D eigenvalue weighted by molar-refractivity contribution is 14.1.